The molecule has 0 aliphatic rings. The number of ether oxygens (including phenoxy) is 1. The van der Waals surface area contributed by atoms with Gasteiger partial charge in [-0.15, -0.1) is 10.2 Å². The van der Waals surface area contributed by atoms with Crippen LogP contribution in [-0.4, -0.2) is 37.4 Å². The fraction of sp³-hybridized carbons (Fsp3) is 0.312. The molecular weight excluding hydrogens is 360 g/mol. The van der Waals surface area contributed by atoms with Crippen LogP contribution in [0.15, 0.2) is 38.1 Å². The molecule has 0 aliphatic heterocycles. The van der Waals surface area contributed by atoms with Crippen LogP contribution in [0.3, 0.4) is 0 Å². The number of nitrogens with one attached hydrogen (secondary N) is 1. The van der Waals surface area contributed by atoms with Crippen LogP contribution in [0.4, 0.5) is 0 Å². The Bertz CT molecular complexity index is 990. The number of hydrogen-bond acceptors (Lipinski definition) is 8. The minimum atomic E-state index is -3.72. The zero-order valence-electron chi connectivity index (χ0n) is 14.5. The summed E-state index contributed by atoms with van der Waals surface area (Å²) in [6.07, 6.45) is 0.241. The van der Waals surface area contributed by atoms with Gasteiger partial charge in [-0.05, 0) is 26.0 Å². The van der Waals surface area contributed by atoms with Crippen molar-refractivity contribution in [3.8, 4) is 17.2 Å². The molecule has 9 nitrogen and oxygen atoms in total. The third kappa shape index (κ3) is 3.60. The standard InChI is InChI=1S/C16H18N4O5S/c1-10-15(11(2)25-20-10)26(21,22)17-9-8-14-18-19-16(24-14)12-6-4-5-7-13(12)23-3/h4-7,17H,8-9H2,1-3H3. The Morgan fingerprint density at radius 3 is 2.65 bits per heavy atom. The highest BCUT2D eigenvalue weighted by Crippen LogP contribution is 2.28. The quantitative estimate of drug-likeness (QED) is 0.661. The first-order valence-corrected chi connectivity index (χ1v) is 9.29. The van der Waals surface area contributed by atoms with Gasteiger partial charge in [-0.3, -0.25) is 0 Å². The molecule has 0 saturated carbocycles. The number of rotatable bonds is 7. The van der Waals surface area contributed by atoms with E-state index >= 15 is 0 Å². The van der Waals surface area contributed by atoms with Gasteiger partial charge in [0.1, 0.15) is 16.3 Å². The highest BCUT2D eigenvalue weighted by molar-refractivity contribution is 7.89. The molecule has 0 unspecified atom stereocenters. The molecular formula is C16H18N4O5S. The van der Waals surface area contributed by atoms with Crippen LogP contribution in [0.5, 0.6) is 5.75 Å². The zero-order valence-corrected chi connectivity index (χ0v) is 15.3. The lowest BCUT2D eigenvalue weighted by atomic mass is 10.2. The molecule has 0 radical (unpaired) electrons. The van der Waals surface area contributed by atoms with Gasteiger partial charge < -0.3 is 13.7 Å². The van der Waals surface area contributed by atoms with E-state index in [0.29, 0.717) is 28.8 Å². The van der Waals surface area contributed by atoms with Gasteiger partial charge in [0.15, 0.2) is 5.76 Å². The lowest BCUT2D eigenvalue weighted by molar-refractivity contribution is 0.390. The van der Waals surface area contributed by atoms with E-state index in [-0.39, 0.29) is 23.6 Å². The molecule has 2 aromatic heterocycles. The second-order valence-corrected chi connectivity index (χ2v) is 7.21. The predicted molar refractivity (Wildman–Crippen MR) is 91.2 cm³/mol. The number of para-hydroxylation sites is 1. The first kappa shape index (κ1) is 18.1. The summed E-state index contributed by atoms with van der Waals surface area (Å²) < 4.78 is 42.9. The van der Waals surface area contributed by atoms with Crippen molar-refractivity contribution in [2.75, 3.05) is 13.7 Å². The van der Waals surface area contributed by atoms with Crippen molar-refractivity contribution in [1.29, 1.82) is 0 Å². The van der Waals surface area contributed by atoms with Crippen LogP contribution in [0, 0.1) is 13.8 Å². The van der Waals surface area contributed by atoms with Crippen molar-refractivity contribution in [3.05, 3.63) is 41.6 Å². The van der Waals surface area contributed by atoms with Gasteiger partial charge in [0.25, 0.3) is 5.89 Å². The number of nitrogens with zero attached hydrogens (tertiary/aromatic N) is 3. The first-order chi connectivity index (χ1) is 12.4. The van der Waals surface area contributed by atoms with Gasteiger partial charge in [0.2, 0.25) is 15.9 Å². The molecule has 2 heterocycles. The molecule has 0 spiro atoms. The first-order valence-electron chi connectivity index (χ1n) is 7.80. The Kier molecular flexibility index (Phi) is 5.05. The number of methoxy groups -OCH3 is 1. The zero-order chi connectivity index (χ0) is 18.7. The van der Waals surface area contributed by atoms with E-state index < -0.39 is 10.0 Å². The lowest BCUT2D eigenvalue weighted by Gasteiger charge is -2.04. The van der Waals surface area contributed by atoms with Gasteiger partial charge in [-0.1, -0.05) is 17.3 Å². The smallest absolute Gasteiger partial charge is 0.251 e. The van der Waals surface area contributed by atoms with Crippen molar-refractivity contribution in [2.45, 2.75) is 25.2 Å². The normalized spacial score (nSPS) is 11.7. The fourth-order valence-corrected chi connectivity index (χ4v) is 3.86. The molecule has 138 valence electrons. The Balaban J connectivity index is 1.67. The predicted octanol–water partition coefficient (Wildman–Crippen LogP) is 1.87. The third-order valence-corrected chi connectivity index (χ3v) is 5.38. The SMILES string of the molecule is COc1ccccc1-c1nnc(CCNS(=O)(=O)c2c(C)noc2C)o1. The number of sulfonamides is 1. The Morgan fingerprint density at radius 1 is 1.19 bits per heavy atom. The maximum Gasteiger partial charge on any atom is 0.251 e. The summed E-state index contributed by atoms with van der Waals surface area (Å²) >= 11 is 0. The van der Waals surface area contributed by atoms with Gasteiger partial charge in [0.05, 0.1) is 12.7 Å². The second kappa shape index (κ2) is 7.26. The highest BCUT2D eigenvalue weighted by Gasteiger charge is 2.24. The minimum Gasteiger partial charge on any atom is -0.496 e. The van der Waals surface area contributed by atoms with E-state index in [1.54, 1.807) is 33.1 Å². The molecule has 0 atom stereocenters. The van der Waals surface area contributed by atoms with Crippen molar-refractivity contribution in [1.82, 2.24) is 20.1 Å². The molecule has 0 bridgehead atoms. The maximum atomic E-state index is 12.3. The van der Waals surface area contributed by atoms with E-state index in [4.69, 9.17) is 13.7 Å². The van der Waals surface area contributed by atoms with Crippen molar-refractivity contribution >= 4 is 10.0 Å². The molecule has 0 saturated heterocycles. The number of aryl methyl sites for hydroxylation is 2. The van der Waals surface area contributed by atoms with Crippen molar-refractivity contribution in [3.63, 3.8) is 0 Å². The molecule has 26 heavy (non-hydrogen) atoms. The topological polar surface area (TPSA) is 120 Å². The fourth-order valence-electron chi connectivity index (χ4n) is 2.51. The van der Waals surface area contributed by atoms with E-state index in [2.05, 4.69) is 20.1 Å². The summed E-state index contributed by atoms with van der Waals surface area (Å²) in [5.41, 5.74) is 0.983. The monoisotopic (exact) mass is 378 g/mol. The molecule has 0 fully saturated rings. The van der Waals surface area contributed by atoms with E-state index in [1.807, 2.05) is 12.1 Å². The average Bonchev–Trinajstić information content (AvgIpc) is 3.21. The summed E-state index contributed by atoms with van der Waals surface area (Å²) in [7, 11) is -2.17. The third-order valence-electron chi connectivity index (χ3n) is 3.67. The maximum absolute atomic E-state index is 12.3. The van der Waals surface area contributed by atoms with E-state index in [9.17, 15) is 8.42 Å². The van der Waals surface area contributed by atoms with Crippen LogP contribution in [0.25, 0.3) is 11.5 Å². The lowest BCUT2D eigenvalue weighted by Crippen LogP contribution is -2.26. The molecule has 1 N–H and O–H groups in total. The van der Waals surface area contributed by atoms with Gasteiger partial charge in [0, 0.05) is 13.0 Å². The number of hydrogen-bond donors (Lipinski definition) is 1. The highest BCUT2D eigenvalue weighted by atomic mass is 32.2. The van der Waals surface area contributed by atoms with Gasteiger partial charge >= 0.3 is 0 Å². The van der Waals surface area contributed by atoms with Crippen molar-refractivity contribution in [2.24, 2.45) is 0 Å². The summed E-state index contributed by atoms with van der Waals surface area (Å²) in [6.45, 7) is 3.22. The largest absolute Gasteiger partial charge is 0.496 e. The van der Waals surface area contributed by atoms with Gasteiger partial charge in [-0.25, -0.2) is 13.1 Å². The Morgan fingerprint density at radius 2 is 1.96 bits per heavy atom. The van der Waals surface area contributed by atoms with Crippen LogP contribution >= 0.6 is 0 Å². The molecule has 3 rings (SSSR count). The number of benzene rings is 1. The molecule has 0 aliphatic carbocycles. The summed E-state index contributed by atoms with van der Waals surface area (Å²) in [5.74, 6) is 1.48. The molecule has 3 aromatic rings. The van der Waals surface area contributed by atoms with E-state index in [1.165, 1.54) is 0 Å². The van der Waals surface area contributed by atoms with Gasteiger partial charge in [-0.2, -0.15) is 0 Å². The minimum absolute atomic E-state index is 0.0535. The molecule has 1 aromatic carbocycles. The van der Waals surface area contributed by atoms with E-state index in [0.717, 1.165) is 0 Å². The van der Waals surface area contributed by atoms with Crippen LogP contribution in [-0.2, 0) is 16.4 Å². The summed E-state index contributed by atoms with van der Waals surface area (Å²) in [4.78, 5) is 0.0535. The number of aromatic nitrogens is 3. The van der Waals surface area contributed by atoms with Crippen molar-refractivity contribution < 1.29 is 22.1 Å². The van der Waals surface area contributed by atoms with Crippen LogP contribution in [0.2, 0.25) is 0 Å². The summed E-state index contributed by atoms with van der Waals surface area (Å²) in [6, 6.07) is 7.26. The average molecular weight is 378 g/mol. The Hall–Kier alpha value is -2.72. The second-order valence-electron chi connectivity index (χ2n) is 5.50. The van der Waals surface area contributed by atoms with Crippen LogP contribution < -0.4 is 9.46 Å². The van der Waals surface area contributed by atoms with Crippen LogP contribution in [0.1, 0.15) is 17.3 Å². The summed E-state index contributed by atoms with van der Waals surface area (Å²) in [5, 5.41) is 11.6. The molecule has 0 amide bonds. The Labute approximate surface area is 150 Å². The molecule has 10 heteroatoms.